The fourth-order valence-electron chi connectivity index (χ4n) is 7.80. The van der Waals surface area contributed by atoms with E-state index in [-0.39, 0.29) is 237 Å². The molecule has 86 heavy (non-hydrogen) atoms. The Labute approximate surface area is 607 Å². The molecule has 414 valence electrons. The van der Waals surface area contributed by atoms with Gasteiger partial charge in [0.15, 0.2) is 0 Å². The van der Waals surface area contributed by atoms with E-state index in [0.717, 1.165) is 54.6 Å². The Hall–Kier alpha value is -3.83. The Morgan fingerprint density at radius 2 is 0.849 bits per heavy atom. The van der Waals surface area contributed by atoms with Gasteiger partial charge in [0, 0.05) is 38.5 Å². The number of nitrogens with zero attached hydrogens (tertiary/aromatic N) is 10. The zero-order valence-electron chi connectivity index (χ0n) is 45.5. The number of aryl methyl sites for hydroxylation is 2. The Kier molecular flexibility index (Phi) is 26.3. The van der Waals surface area contributed by atoms with Crippen LogP contribution in [0.2, 0.25) is 10.6 Å². The number of carboxylic acid groups (broad SMARTS) is 1. The van der Waals surface area contributed by atoms with Crippen molar-refractivity contribution in [3.63, 3.8) is 0 Å². The minimum Gasteiger partial charge on any atom is -0.744 e. The maximum absolute atomic E-state index is 12.4. The number of rotatable bonds is 15. The standard InChI is InChI=1S/C47H34Cl2N14O14S4.5Na/c1-22-15-24(9-12-34(22)62-60-27-18-31-29(39(20-27)80(72,73)74)5-3-7-37(31)78(66,67)68)50-44-54-42(48)55-46(58-44)52-26-11-14-36(33(17-26)41(64)65)53-47-57-43(49)56-45(59-47)51-25-10-13-35(23(2)16-25)63-61-28-19-32-30(40(21-28)81(75,76)77)6-4-8-38(32)79(69,70)71;;;;;/h3-21H,1-2H3,(H,64,65)(H,66,67,68)(H,69,70,71)(H,72,73,74)(H,75,76,77)(H2,50,52,54,55,58)(H2,51,53,56,57,59);;;;;/q;5*+1/p-5. The minimum atomic E-state index is -5.17. The van der Waals surface area contributed by atoms with E-state index >= 15 is 0 Å². The molecule has 2 heterocycles. The first-order valence-electron chi connectivity index (χ1n) is 22.3. The molecule has 0 spiro atoms. The Balaban J connectivity index is 0.00000317. The van der Waals surface area contributed by atoms with E-state index in [1.54, 1.807) is 26.0 Å². The Morgan fingerprint density at radius 3 is 1.23 bits per heavy atom. The van der Waals surface area contributed by atoms with Gasteiger partial charge in [0.05, 0.1) is 59.7 Å². The molecular weight excluding hydrogens is 1300 g/mol. The number of nitrogens with one attached hydrogen (secondary N) is 4. The number of azo groups is 2. The molecule has 0 radical (unpaired) electrons. The summed E-state index contributed by atoms with van der Waals surface area (Å²) in [6, 6.07) is 23.6. The van der Waals surface area contributed by atoms with Crippen LogP contribution in [-0.2, 0) is 40.5 Å². The third-order valence-electron chi connectivity index (χ3n) is 11.3. The van der Waals surface area contributed by atoms with E-state index in [2.05, 4.69) is 71.0 Å². The first kappa shape index (κ1) is 74.6. The number of carbonyl (C=O) groups is 1. The van der Waals surface area contributed by atoms with E-state index in [9.17, 15) is 61.8 Å². The molecule has 9 rings (SSSR count). The van der Waals surface area contributed by atoms with E-state index < -0.39 is 71.6 Å². The van der Waals surface area contributed by atoms with Crippen LogP contribution in [0.25, 0.3) is 21.5 Å². The van der Waals surface area contributed by atoms with Crippen molar-refractivity contribution in [3.05, 3.63) is 154 Å². The molecule has 2 aromatic heterocycles. The van der Waals surface area contributed by atoms with Crippen molar-refractivity contribution >= 4 is 149 Å². The number of hydrogen-bond donors (Lipinski definition) is 4. The fraction of sp³-hybridized carbons (Fsp3) is 0.0426. The normalized spacial score (nSPS) is 12.2. The number of fused-ring (bicyclic) bond motifs is 2. The monoisotopic (exact) mass is 1330 g/mol. The molecule has 0 aliphatic rings. The number of aromatic carboxylic acids is 1. The van der Waals surface area contributed by atoms with Crippen molar-refractivity contribution < 1.29 is 210 Å². The van der Waals surface area contributed by atoms with Crippen LogP contribution in [0.5, 0.6) is 0 Å². The van der Waals surface area contributed by atoms with Crippen molar-refractivity contribution in [1.29, 1.82) is 0 Å². The Bertz CT molecular complexity index is 4860. The van der Waals surface area contributed by atoms with Crippen LogP contribution in [0.4, 0.5) is 57.4 Å². The quantitative estimate of drug-likeness (QED) is 0.0421. The number of aromatic nitrogens is 6. The third kappa shape index (κ3) is 18.4. The molecule has 0 aliphatic carbocycles. The van der Waals surface area contributed by atoms with Crippen LogP contribution in [0, 0.1) is 13.8 Å². The molecule has 0 atom stereocenters. The van der Waals surface area contributed by atoms with Gasteiger partial charge in [-0.15, -0.1) is 0 Å². The van der Waals surface area contributed by atoms with Gasteiger partial charge >= 0.3 is 148 Å². The fourth-order valence-corrected chi connectivity index (χ4v) is 10.9. The van der Waals surface area contributed by atoms with Crippen molar-refractivity contribution in [2.45, 2.75) is 33.4 Å². The maximum Gasteiger partial charge on any atom is 1.00 e. The van der Waals surface area contributed by atoms with Crippen LogP contribution >= 0.6 is 23.2 Å². The van der Waals surface area contributed by atoms with Crippen molar-refractivity contribution in [2.75, 3.05) is 10.6 Å². The van der Waals surface area contributed by atoms with Gasteiger partial charge in [-0.1, -0.05) is 24.3 Å². The second kappa shape index (κ2) is 30.3. The summed E-state index contributed by atoms with van der Waals surface area (Å²) in [5.41, 5.74) is 0.857. The van der Waals surface area contributed by atoms with E-state index in [1.807, 2.05) is 0 Å². The van der Waals surface area contributed by atoms with Crippen LogP contribution in [0.1, 0.15) is 21.5 Å². The summed E-state index contributed by atoms with van der Waals surface area (Å²) in [6.45, 7) is 3.27. The van der Waals surface area contributed by atoms with Crippen molar-refractivity contribution in [1.82, 2.24) is 29.9 Å². The zero-order valence-corrected chi connectivity index (χ0v) is 60.3. The zero-order chi connectivity index (χ0) is 58.3. The summed E-state index contributed by atoms with van der Waals surface area (Å²) in [5.74, 6) is -1.83. The van der Waals surface area contributed by atoms with Crippen LogP contribution in [0.15, 0.2) is 165 Å². The number of aromatic amines is 2. The minimum absolute atomic E-state index is 0. The molecule has 0 amide bonds. The number of H-pyrrole nitrogens is 2. The first-order valence-corrected chi connectivity index (χ1v) is 28.7. The molecule has 0 saturated heterocycles. The molecule has 0 fully saturated rings. The summed E-state index contributed by atoms with van der Waals surface area (Å²) >= 11 is 12.5. The summed E-state index contributed by atoms with van der Waals surface area (Å²) in [7, 11) is -20.5. The molecule has 0 aliphatic heterocycles. The number of hydrogen-bond acceptors (Lipinski definition) is 26. The third-order valence-corrected chi connectivity index (χ3v) is 15.2. The largest absolute Gasteiger partial charge is 1.00 e. The predicted octanol–water partition coefficient (Wildman–Crippen LogP) is -8.06. The molecule has 0 saturated carbocycles. The van der Waals surface area contributed by atoms with Gasteiger partial charge in [0.25, 0.3) is 0 Å². The van der Waals surface area contributed by atoms with Crippen molar-refractivity contribution in [3.8, 4) is 0 Å². The molecule has 39 heteroatoms. The summed E-state index contributed by atoms with van der Waals surface area (Å²) < 4.78 is 144. The second-order valence-corrected chi connectivity index (χ2v) is 23.0. The number of carbonyl (C=O) groups excluding carboxylic acids is 1. The molecule has 28 nitrogen and oxygen atoms in total. The summed E-state index contributed by atoms with van der Waals surface area (Å²) in [4.78, 5) is 40.0. The second-order valence-electron chi connectivity index (χ2n) is 16.8. The topological polar surface area (TPSA) is 450 Å². The SMILES string of the molecule is Cc1cc(Nc2nc(Cl)[nH]c(=Nc3ccc(N=c4nc(Nc5ccc(N=Nc6cc(S(=O)(=O)[O-])c7cccc(S(=O)(=O)[O-])c7c6)c(C)c5)nc(Cl)[nH]4)c(C(=O)[O-])c3)n2)ccc1N=Nc1cc(S(=O)(=O)[O-])c2cccc(S(=O)(=O)[O-])c2c1.[Na+].[Na+].[Na+].[Na+].[Na+]. The van der Waals surface area contributed by atoms with Crippen LogP contribution in [-0.4, -0.2) is 87.8 Å². The van der Waals surface area contributed by atoms with E-state index in [1.165, 1.54) is 48.5 Å². The van der Waals surface area contributed by atoms with Gasteiger partial charge < -0.3 is 38.7 Å². The van der Waals surface area contributed by atoms with E-state index in [4.69, 9.17) is 23.2 Å². The Morgan fingerprint density at radius 1 is 0.453 bits per heavy atom. The van der Waals surface area contributed by atoms with Crippen molar-refractivity contribution in [2.24, 2.45) is 30.4 Å². The predicted molar refractivity (Wildman–Crippen MR) is 281 cm³/mol. The number of halogens is 2. The molecule has 7 aromatic carbocycles. The molecule has 0 unspecified atom stereocenters. The van der Waals surface area contributed by atoms with Gasteiger partial charge in [0.1, 0.15) is 40.5 Å². The maximum atomic E-state index is 12.4. The van der Waals surface area contributed by atoms with Crippen LogP contribution in [0.3, 0.4) is 0 Å². The average molecular weight is 1330 g/mol. The van der Waals surface area contributed by atoms with Crippen LogP contribution < -0.4 is 175 Å². The van der Waals surface area contributed by atoms with Gasteiger partial charge in [-0.05, 0) is 139 Å². The number of benzene rings is 7. The van der Waals surface area contributed by atoms with Gasteiger partial charge in [-0.3, -0.25) is 9.97 Å². The van der Waals surface area contributed by atoms with E-state index in [0.29, 0.717) is 22.5 Å². The molecular formula is C47H29Cl2N14Na5O14S4. The van der Waals surface area contributed by atoms with Gasteiger partial charge in [-0.25, -0.2) is 43.7 Å². The van der Waals surface area contributed by atoms with Gasteiger partial charge in [0.2, 0.25) is 33.7 Å². The number of anilines is 4. The smallest absolute Gasteiger partial charge is 0.744 e. The average Bonchev–Trinajstić information content (AvgIpc) is 0.866. The summed E-state index contributed by atoms with van der Waals surface area (Å²) in [6.07, 6.45) is 0. The summed E-state index contributed by atoms with van der Waals surface area (Å²) in [5, 5.41) is 32.9. The molecule has 9 aromatic rings. The number of carboxylic acids is 1. The molecule has 4 N–H and O–H groups in total. The van der Waals surface area contributed by atoms with Gasteiger partial charge in [-0.2, -0.15) is 40.4 Å². The molecule has 0 bridgehead atoms. The first-order chi connectivity index (χ1) is 38.0.